The van der Waals surface area contributed by atoms with Crippen LogP contribution in [0.1, 0.15) is 45.4 Å². The molecule has 0 radical (unpaired) electrons. The highest BCUT2D eigenvalue weighted by molar-refractivity contribution is 5.86. The maximum Gasteiger partial charge on any atom is 0.329 e. The van der Waals surface area contributed by atoms with Gasteiger partial charge in [0.1, 0.15) is 5.54 Å². The van der Waals surface area contributed by atoms with Crippen LogP contribution in [0.4, 0.5) is 4.79 Å². The van der Waals surface area contributed by atoms with Gasteiger partial charge < -0.3 is 15.7 Å². The first-order valence-corrected chi connectivity index (χ1v) is 6.90. The Morgan fingerprint density at radius 3 is 2.84 bits per heavy atom. The summed E-state index contributed by atoms with van der Waals surface area (Å²) in [5.74, 6) is -0.605. The summed E-state index contributed by atoms with van der Waals surface area (Å²) in [6.45, 7) is 6.17. The summed E-state index contributed by atoms with van der Waals surface area (Å²) in [4.78, 5) is 23.3. The second-order valence-electron chi connectivity index (χ2n) is 5.40. The number of hydrogen-bond donors (Lipinski definition) is 3. The highest BCUT2D eigenvalue weighted by Gasteiger charge is 2.43. The Morgan fingerprint density at radius 2 is 2.26 bits per heavy atom. The monoisotopic (exact) mass is 268 g/mol. The first-order chi connectivity index (χ1) is 9.00. The van der Waals surface area contributed by atoms with Gasteiger partial charge in [0, 0.05) is 6.54 Å². The van der Waals surface area contributed by atoms with Crippen LogP contribution in [0.2, 0.25) is 0 Å². The van der Waals surface area contributed by atoms with Crippen molar-refractivity contribution in [1.29, 1.82) is 0 Å². The van der Waals surface area contributed by atoms with E-state index in [0.717, 1.165) is 25.7 Å². The molecule has 0 aromatic rings. The predicted molar refractivity (Wildman–Crippen MR) is 74.0 cm³/mol. The van der Waals surface area contributed by atoms with Crippen molar-refractivity contribution in [2.24, 2.45) is 5.92 Å². The zero-order chi connectivity index (χ0) is 14.3. The number of hydrogen-bond acceptors (Lipinski definition) is 2. The Labute approximate surface area is 114 Å². The molecule has 0 saturated heterocycles. The van der Waals surface area contributed by atoms with Crippen LogP contribution >= 0.6 is 0 Å². The predicted octanol–water partition coefficient (Wildman–Crippen LogP) is 2.29. The van der Waals surface area contributed by atoms with E-state index in [-0.39, 0.29) is 6.03 Å². The number of nitrogens with one attached hydrogen (secondary N) is 2. The van der Waals surface area contributed by atoms with Crippen molar-refractivity contribution in [3.63, 3.8) is 0 Å². The smallest absolute Gasteiger partial charge is 0.329 e. The van der Waals surface area contributed by atoms with Crippen LogP contribution in [0.5, 0.6) is 0 Å². The second kappa shape index (κ2) is 7.16. The van der Waals surface area contributed by atoms with Gasteiger partial charge in [-0.3, -0.25) is 0 Å². The minimum absolute atomic E-state index is 0.325. The molecule has 0 aromatic heterocycles. The number of unbranched alkanes of at least 4 members (excludes halogenated alkanes) is 1. The molecule has 3 N–H and O–H groups in total. The summed E-state index contributed by atoms with van der Waals surface area (Å²) in [5, 5.41) is 14.8. The normalized spacial score (nSPS) is 26.5. The quantitative estimate of drug-likeness (QED) is 0.511. The van der Waals surface area contributed by atoms with Crippen molar-refractivity contribution < 1.29 is 14.7 Å². The number of carbonyl (C=O) groups excluding carboxylic acids is 1. The molecule has 0 aliphatic heterocycles. The molecule has 2 atom stereocenters. The summed E-state index contributed by atoms with van der Waals surface area (Å²) in [6.07, 6.45) is 6.31. The average Bonchev–Trinajstić information content (AvgIpc) is 2.34. The lowest BCUT2D eigenvalue weighted by Gasteiger charge is -2.37. The zero-order valence-electron chi connectivity index (χ0n) is 11.6. The third-order valence-corrected chi connectivity index (χ3v) is 3.63. The van der Waals surface area contributed by atoms with Crippen molar-refractivity contribution in [2.75, 3.05) is 6.54 Å². The van der Waals surface area contributed by atoms with E-state index in [9.17, 15) is 14.7 Å². The minimum Gasteiger partial charge on any atom is -0.480 e. The van der Waals surface area contributed by atoms with E-state index in [0.29, 0.717) is 25.3 Å². The Balaban J connectivity index is 2.51. The fourth-order valence-electron chi connectivity index (χ4n) is 2.62. The maximum absolute atomic E-state index is 11.8. The van der Waals surface area contributed by atoms with Gasteiger partial charge in [0.25, 0.3) is 0 Å². The van der Waals surface area contributed by atoms with Crippen LogP contribution in [0.25, 0.3) is 0 Å². The summed E-state index contributed by atoms with van der Waals surface area (Å²) < 4.78 is 0. The molecule has 0 bridgehead atoms. The fourth-order valence-corrected chi connectivity index (χ4v) is 2.62. The van der Waals surface area contributed by atoms with Crippen LogP contribution < -0.4 is 10.6 Å². The number of carboxylic acid groups (broad SMARTS) is 1. The summed E-state index contributed by atoms with van der Waals surface area (Å²) in [7, 11) is 0. The van der Waals surface area contributed by atoms with E-state index in [2.05, 4.69) is 17.2 Å². The van der Waals surface area contributed by atoms with Crippen LogP contribution in [0.15, 0.2) is 12.7 Å². The zero-order valence-corrected chi connectivity index (χ0v) is 11.6. The Morgan fingerprint density at radius 1 is 1.53 bits per heavy atom. The topological polar surface area (TPSA) is 78.4 Å². The molecule has 0 heterocycles. The lowest BCUT2D eigenvalue weighted by Crippen LogP contribution is -2.59. The molecule has 5 heteroatoms. The van der Waals surface area contributed by atoms with Crippen molar-refractivity contribution in [2.45, 2.75) is 51.0 Å². The number of aliphatic carboxylic acids is 1. The number of amides is 2. The SMILES string of the molecule is C=CCCCNC(=O)NC1(C(=O)O)CCCC(C)C1. The van der Waals surface area contributed by atoms with Crippen molar-refractivity contribution in [3.05, 3.63) is 12.7 Å². The lowest BCUT2D eigenvalue weighted by molar-refractivity contribution is -0.146. The van der Waals surface area contributed by atoms with Gasteiger partial charge in [-0.1, -0.05) is 25.8 Å². The molecule has 1 aliphatic rings. The number of urea groups is 1. The van der Waals surface area contributed by atoms with Gasteiger partial charge in [0.2, 0.25) is 0 Å². The van der Waals surface area contributed by atoms with E-state index < -0.39 is 11.5 Å². The van der Waals surface area contributed by atoms with Crippen molar-refractivity contribution >= 4 is 12.0 Å². The van der Waals surface area contributed by atoms with Gasteiger partial charge >= 0.3 is 12.0 Å². The van der Waals surface area contributed by atoms with Gasteiger partial charge in [-0.2, -0.15) is 0 Å². The molecular weight excluding hydrogens is 244 g/mol. The van der Waals surface area contributed by atoms with Crippen LogP contribution in [0, 0.1) is 5.92 Å². The van der Waals surface area contributed by atoms with Crippen LogP contribution in [0.3, 0.4) is 0 Å². The van der Waals surface area contributed by atoms with E-state index in [1.165, 1.54) is 0 Å². The molecule has 1 saturated carbocycles. The van der Waals surface area contributed by atoms with Crippen molar-refractivity contribution in [3.8, 4) is 0 Å². The third-order valence-electron chi connectivity index (χ3n) is 3.63. The second-order valence-corrected chi connectivity index (χ2v) is 5.40. The molecule has 19 heavy (non-hydrogen) atoms. The van der Waals surface area contributed by atoms with Crippen molar-refractivity contribution in [1.82, 2.24) is 10.6 Å². The lowest BCUT2D eigenvalue weighted by atomic mass is 9.76. The van der Waals surface area contributed by atoms with E-state index in [1.54, 1.807) is 6.08 Å². The molecule has 108 valence electrons. The molecule has 1 rings (SSSR count). The largest absolute Gasteiger partial charge is 0.480 e. The van der Waals surface area contributed by atoms with Gasteiger partial charge in [-0.25, -0.2) is 9.59 Å². The Kier molecular flexibility index (Phi) is 5.86. The van der Waals surface area contributed by atoms with Gasteiger partial charge in [-0.15, -0.1) is 6.58 Å². The molecule has 2 amide bonds. The summed E-state index contributed by atoms with van der Waals surface area (Å²) >= 11 is 0. The molecule has 5 nitrogen and oxygen atoms in total. The standard InChI is InChI=1S/C14H24N2O3/c1-3-4-5-9-15-13(19)16-14(12(17)18)8-6-7-11(2)10-14/h3,11H,1,4-10H2,2H3,(H,17,18)(H2,15,16,19). The molecule has 2 unspecified atom stereocenters. The van der Waals surface area contributed by atoms with Gasteiger partial charge in [0.15, 0.2) is 0 Å². The fraction of sp³-hybridized carbons (Fsp3) is 0.714. The highest BCUT2D eigenvalue weighted by atomic mass is 16.4. The molecular formula is C14H24N2O3. The van der Waals surface area contributed by atoms with Gasteiger partial charge in [0.05, 0.1) is 0 Å². The van der Waals surface area contributed by atoms with E-state index >= 15 is 0 Å². The number of rotatable bonds is 6. The molecule has 0 aromatic carbocycles. The highest BCUT2D eigenvalue weighted by Crippen LogP contribution is 2.32. The molecule has 1 aliphatic carbocycles. The van der Waals surface area contributed by atoms with E-state index in [4.69, 9.17) is 0 Å². The third kappa shape index (κ3) is 4.58. The number of allylic oxidation sites excluding steroid dienone is 1. The summed E-state index contributed by atoms with van der Waals surface area (Å²) in [6, 6.07) is -0.388. The minimum atomic E-state index is -1.10. The van der Waals surface area contributed by atoms with Gasteiger partial charge in [-0.05, 0) is 31.6 Å². The first-order valence-electron chi connectivity index (χ1n) is 6.90. The first kappa shape index (κ1) is 15.5. The summed E-state index contributed by atoms with van der Waals surface area (Å²) in [5.41, 5.74) is -1.10. The molecule has 1 fully saturated rings. The van der Waals surface area contributed by atoms with Crippen LogP contribution in [-0.4, -0.2) is 29.2 Å². The Bertz CT molecular complexity index is 344. The maximum atomic E-state index is 11.8. The Hall–Kier alpha value is -1.52. The van der Waals surface area contributed by atoms with Crippen LogP contribution in [-0.2, 0) is 4.79 Å². The number of carboxylic acids is 1. The average molecular weight is 268 g/mol. The van der Waals surface area contributed by atoms with E-state index in [1.807, 2.05) is 6.92 Å². The number of carbonyl (C=O) groups is 2. The molecule has 0 spiro atoms.